The Kier molecular flexibility index (Phi) is 7.27. The number of ether oxygens (including phenoxy) is 1. The minimum atomic E-state index is -0.125. The Balaban J connectivity index is 1.33. The molecule has 0 spiro atoms. The van der Waals surface area contributed by atoms with Crippen molar-refractivity contribution in [2.45, 2.75) is 89.8 Å². The SMILES string of the molecule is CCCC1CCC(c2ccc3c(F)c(-c4ccc(C5NC(CC)(CC)CO5)cc4)ccc3c2)CC1. The summed E-state index contributed by atoms with van der Waals surface area (Å²) in [6.45, 7) is 7.42. The second-order valence-electron chi connectivity index (χ2n) is 10.9. The van der Waals surface area contributed by atoms with Gasteiger partial charge in [0.2, 0.25) is 0 Å². The van der Waals surface area contributed by atoms with Crippen LogP contribution >= 0.6 is 0 Å². The standard InChI is InChI=1S/C32H40FNO/c1-4-7-22-8-10-23(11-9-22)26-16-18-29-27(20-26)17-19-28(30(29)33)24-12-14-25(15-13-24)31-34-32(5-2,6-3)21-35-31/h12-20,22-23,31,34H,4-11,21H2,1-3H3. The van der Waals surface area contributed by atoms with Gasteiger partial charge in [-0.05, 0) is 72.4 Å². The average Bonchev–Trinajstić information content (AvgIpc) is 3.35. The quantitative estimate of drug-likeness (QED) is 0.370. The van der Waals surface area contributed by atoms with Crippen molar-refractivity contribution < 1.29 is 9.13 Å². The molecule has 1 saturated carbocycles. The fourth-order valence-corrected chi connectivity index (χ4v) is 6.26. The van der Waals surface area contributed by atoms with Gasteiger partial charge in [-0.15, -0.1) is 0 Å². The van der Waals surface area contributed by atoms with E-state index in [0.717, 1.165) is 41.9 Å². The highest BCUT2D eigenvalue weighted by Crippen LogP contribution is 2.39. The van der Waals surface area contributed by atoms with Crippen molar-refractivity contribution in [2.75, 3.05) is 6.61 Å². The molecule has 1 aliphatic carbocycles. The van der Waals surface area contributed by atoms with Crippen molar-refractivity contribution in [3.63, 3.8) is 0 Å². The fourth-order valence-electron chi connectivity index (χ4n) is 6.26. The van der Waals surface area contributed by atoms with Crippen molar-refractivity contribution in [3.8, 4) is 11.1 Å². The number of nitrogens with one attached hydrogen (secondary N) is 1. The van der Waals surface area contributed by atoms with Gasteiger partial charge in [0.05, 0.1) is 6.61 Å². The minimum absolute atomic E-state index is 0.0570. The van der Waals surface area contributed by atoms with E-state index in [2.05, 4.69) is 56.4 Å². The first-order valence-electron chi connectivity index (χ1n) is 13.8. The first-order chi connectivity index (χ1) is 17.1. The van der Waals surface area contributed by atoms with E-state index in [-0.39, 0.29) is 17.6 Å². The summed E-state index contributed by atoms with van der Waals surface area (Å²) in [6, 6.07) is 18.6. The molecule has 1 saturated heterocycles. The van der Waals surface area contributed by atoms with Crippen molar-refractivity contribution in [1.29, 1.82) is 0 Å². The summed E-state index contributed by atoms with van der Waals surface area (Å²) in [5.74, 6) is 1.40. The maximum Gasteiger partial charge on any atom is 0.138 e. The Morgan fingerprint density at radius 3 is 2.26 bits per heavy atom. The zero-order valence-corrected chi connectivity index (χ0v) is 21.6. The molecule has 0 bridgehead atoms. The summed E-state index contributed by atoms with van der Waals surface area (Å²) in [6.07, 6.45) is 9.84. The van der Waals surface area contributed by atoms with Gasteiger partial charge in [0, 0.05) is 16.5 Å². The van der Waals surface area contributed by atoms with E-state index in [4.69, 9.17) is 4.74 Å². The molecule has 3 heteroatoms. The van der Waals surface area contributed by atoms with E-state index in [9.17, 15) is 0 Å². The number of hydrogen-bond donors (Lipinski definition) is 1. The van der Waals surface area contributed by atoms with Gasteiger partial charge in [0.15, 0.2) is 0 Å². The molecule has 0 radical (unpaired) electrons. The molecule has 0 aromatic heterocycles. The molecule has 1 atom stereocenters. The zero-order chi connectivity index (χ0) is 24.4. The molecule has 35 heavy (non-hydrogen) atoms. The van der Waals surface area contributed by atoms with E-state index < -0.39 is 0 Å². The predicted octanol–water partition coefficient (Wildman–Crippen LogP) is 8.90. The maximum absolute atomic E-state index is 15.6. The monoisotopic (exact) mass is 473 g/mol. The topological polar surface area (TPSA) is 21.3 Å². The van der Waals surface area contributed by atoms with Gasteiger partial charge in [-0.2, -0.15) is 0 Å². The second-order valence-corrected chi connectivity index (χ2v) is 10.9. The Bertz CT molecular complexity index is 1140. The van der Waals surface area contributed by atoms with Gasteiger partial charge in [0.1, 0.15) is 12.0 Å². The molecule has 1 unspecified atom stereocenters. The first kappa shape index (κ1) is 24.5. The van der Waals surface area contributed by atoms with Gasteiger partial charge >= 0.3 is 0 Å². The lowest BCUT2D eigenvalue weighted by atomic mass is 9.77. The molecule has 3 aromatic rings. The number of halogens is 1. The Hall–Kier alpha value is -2.23. The van der Waals surface area contributed by atoms with E-state index >= 15 is 4.39 Å². The van der Waals surface area contributed by atoms with Crippen molar-refractivity contribution in [3.05, 3.63) is 71.5 Å². The van der Waals surface area contributed by atoms with Crippen LogP contribution in [0.15, 0.2) is 54.6 Å². The molecule has 1 aliphatic heterocycles. The first-order valence-corrected chi connectivity index (χ1v) is 13.8. The van der Waals surface area contributed by atoms with Gasteiger partial charge in [-0.3, -0.25) is 5.32 Å². The highest BCUT2D eigenvalue weighted by Gasteiger charge is 2.36. The summed E-state index contributed by atoms with van der Waals surface area (Å²) < 4.78 is 21.7. The zero-order valence-electron chi connectivity index (χ0n) is 21.6. The van der Waals surface area contributed by atoms with Crippen LogP contribution in [0, 0.1) is 11.7 Å². The van der Waals surface area contributed by atoms with E-state index in [1.165, 1.54) is 44.1 Å². The number of fused-ring (bicyclic) bond motifs is 1. The van der Waals surface area contributed by atoms with Crippen LogP contribution in [0.5, 0.6) is 0 Å². The molecule has 0 amide bonds. The summed E-state index contributed by atoms with van der Waals surface area (Å²) in [5.41, 5.74) is 4.09. The van der Waals surface area contributed by atoms with E-state index in [1.807, 2.05) is 24.3 Å². The smallest absolute Gasteiger partial charge is 0.138 e. The maximum atomic E-state index is 15.6. The third kappa shape index (κ3) is 4.90. The lowest BCUT2D eigenvalue weighted by Gasteiger charge is -2.28. The summed E-state index contributed by atoms with van der Waals surface area (Å²) in [7, 11) is 0. The molecular formula is C32H40FNO. The molecule has 2 fully saturated rings. The van der Waals surface area contributed by atoms with Crippen LogP contribution in [0.4, 0.5) is 4.39 Å². The molecule has 5 rings (SSSR count). The van der Waals surface area contributed by atoms with Crippen LogP contribution in [-0.4, -0.2) is 12.1 Å². The van der Waals surface area contributed by atoms with Crippen LogP contribution < -0.4 is 5.32 Å². The van der Waals surface area contributed by atoms with Gasteiger partial charge in [-0.25, -0.2) is 4.39 Å². The molecule has 1 N–H and O–H groups in total. The van der Waals surface area contributed by atoms with E-state index in [0.29, 0.717) is 16.9 Å². The molecule has 186 valence electrons. The summed E-state index contributed by atoms with van der Waals surface area (Å²) in [4.78, 5) is 0. The largest absolute Gasteiger partial charge is 0.357 e. The van der Waals surface area contributed by atoms with Gasteiger partial charge < -0.3 is 4.74 Å². The third-order valence-electron chi connectivity index (χ3n) is 8.83. The summed E-state index contributed by atoms with van der Waals surface area (Å²) >= 11 is 0. The number of hydrogen-bond acceptors (Lipinski definition) is 2. The lowest BCUT2D eigenvalue weighted by Crippen LogP contribution is -2.41. The van der Waals surface area contributed by atoms with Crippen LogP contribution in [0.3, 0.4) is 0 Å². The lowest BCUT2D eigenvalue weighted by molar-refractivity contribution is 0.0973. The Morgan fingerprint density at radius 1 is 0.886 bits per heavy atom. The average molecular weight is 474 g/mol. The van der Waals surface area contributed by atoms with Crippen LogP contribution in [0.2, 0.25) is 0 Å². The molecule has 1 heterocycles. The van der Waals surface area contributed by atoms with Crippen LogP contribution in [0.1, 0.15) is 95.4 Å². The molecule has 3 aromatic carbocycles. The van der Waals surface area contributed by atoms with Crippen LogP contribution in [0.25, 0.3) is 21.9 Å². The van der Waals surface area contributed by atoms with Gasteiger partial charge in [0.25, 0.3) is 0 Å². The predicted molar refractivity (Wildman–Crippen MR) is 144 cm³/mol. The Labute approximate surface area is 210 Å². The summed E-state index contributed by atoms with van der Waals surface area (Å²) in [5, 5.41) is 5.38. The van der Waals surface area contributed by atoms with Crippen molar-refractivity contribution >= 4 is 10.8 Å². The second kappa shape index (κ2) is 10.4. The normalized spacial score (nSPS) is 24.2. The van der Waals surface area contributed by atoms with Gasteiger partial charge in [-0.1, -0.05) is 88.2 Å². The third-order valence-corrected chi connectivity index (χ3v) is 8.83. The number of benzene rings is 3. The highest BCUT2D eigenvalue weighted by molar-refractivity contribution is 5.89. The minimum Gasteiger partial charge on any atom is -0.357 e. The fraction of sp³-hybridized carbons (Fsp3) is 0.500. The van der Waals surface area contributed by atoms with Crippen molar-refractivity contribution in [2.24, 2.45) is 5.92 Å². The van der Waals surface area contributed by atoms with E-state index in [1.54, 1.807) is 0 Å². The molecule has 2 aliphatic rings. The molecular weight excluding hydrogens is 433 g/mol. The van der Waals surface area contributed by atoms with Crippen LogP contribution in [-0.2, 0) is 4.74 Å². The van der Waals surface area contributed by atoms with Crippen molar-refractivity contribution in [1.82, 2.24) is 5.32 Å². The molecule has 2 nitrogen and oxygen atoms in total. The highest BCUT2D eigenvalue weighted by atomic mass is 19.1. The Morgan fingerprint density at radius 2 is 1.60 bits per heavy atom. The number of rotatable bonds is 7.